The van der Waals surface area contributed by atoms with E-state index in [0.29, 0.717) is 22.8 Å². The number of methoxy groups -OCH3 is 1. The van der Waals surface area contributed by atoms with Gasteiger partial charge in [0, 0.05) is 10.9 Å². The molecule has 0 saturated heterocycles. The van der Waals surface area contributed by atoms with Gasteiger partial charge in [-0.05, 0) is 48.0 Å². The third-order valence-electron chi connectivity index (χ3n) is 3.85. The number of rotatable bonds is 4. The molecule has 3 aromatic rings. The van der Waals surface area contributed by atoms with Gasteiger partial charge >= 0.3 is 0 Å². The summed E-state index contributed by atoms with van der Waals surface area (Å²) in [6.07, 6.45) is 3.91. The molecule has 0 saturated carbocycles. The van der Waals surface area contributed by atoms with E-state index >= 15 is 0 Å². The van der Waals surface area contributed by atoms with Crippen molar-refractivity contribution in [2.45, 2.75) is 0 Å². The van der Waals surface area contributed by atoms with Crippen molar-refractivity contribution in [2.75, 3.05) is 13.9 Å². The van der Waals surface area contributed by atoms with Crippen LogP contribution in [0, 0.1) is 0 Å². The molecule has 4 rings (SSSR count). The summed E-state index contributed by atoms with van der Waals surface area (Å²) >= 11 is 0. The number of furan rings is 1. The molecule has 1 aliphatic rings. The van der Waals surface area contributed by atoms with Crippen molar-refractivity contribution in [3.63, 3.8) is 0 Å². The molecule has 24 heavy (non-hydrogen) atoms. The highest BCUT2D eigenvalue weighted by Crippen LogP contribution is 2.39. The molecule has 0 radical (unpaired) electrons. The maximum absolute atomic E-state index is 10.5. The van der Waals surface area contributed by atoms with Crippen LogP contribution in [0.5, 0.6) is 17.2 Å². The van der Waals surface area contributed by atoms with Crippen molar-refractivity contribution in [3.8, 4) is 28.6 Å². The fraction of sp³-hybridized carbons (Fsp3) is 0.105. The highest BCUT2D eigenvalue weighted by Gasteiger charge is 2.17. The zero-order chi connectivity index (χ0) is 16.5. The zero-order valence-electron chi connectivity index (χ0n) is 12.9. The average Bonchev–Trinajstić information content (AvgIpc) is 3.24. The highest BCUT2D eigenvalue weighted by atomic mass is 16.7. The highest BCUT2D eigenvalue weighted by molar-refractivity contribution is 5.90. The molecule has 0 bridgehead atoms. The quantitative estimate of drug-likeness (QED) is 0.536. The van der Waals surface area contributed by atoms with Gasteiger partial charge in [0.05, 0.1) is 7.11 Å². The minimum absolute atomic E-state index is 0.235. The van der Waals surface area contributed by atoms with E-state index in [0.717, 1.165) is 28.5 Å². The summed E-state index contributed by atoms with van der Waals surface area (Å²) in [4.78, 5) is 10.5. The van der Waals surface area contributed by atoms with Crippen LogP contribution in [0.4, 0.5) is 0 Å². The lowest BCUT2D eigenvalue weighted by molar-refractivity contribution is -0.104. The number of carbonyl (C=O) groups is 1. The normalized spacial score (nSPS) is 12.9. The Hall–Kier alpha value is -3.21. The summed E-state index contributed by atoms with van der Waals surface area (Å²) in [6, 6.07) is 11.4. The van der Waals surface area contributed by atoms with Crippen molar-refractivity contribution in [3.05, 3.63) is 48.0 Å². The molecule has 0 amide bonds. The molecular formula is C19H14O5. The van der Waals surface area contributed by atoms with Crippen LogP contribution in [0.15, 0.2) is 46.9 Å². The topological polar surface area (TPSA) is 57.9 Å². The number of hydrogen-bond acceptors (Lipinski definition) is 5. The van der Waals surface area contributed by atoms with E-state index in [2.05, 4.69) is 0 Å². The van der Waals surface area contributed by atoms with Crippen molar-refractivity contribution >= 4 is 23.3 Å². The van der Waals surface area contributed by atoms with Crippen LogP contribution in [0.2, 0.25) is 0 Å². The second-order valence-electron chi connectivity index (χ2n) is 5.32. The molecule has 0 aliphatic carbocycles. The van der Waals surface area contributed by atoms with Crippen molar-refractivity contribution < 1.29 is 23.4 Å². The van der Waals surface area contributed by atoms with Crippen LogP contribution in [-0.2, 0) is 4.79 Å². The molecule has 2 aromatic carbocycles. The number of carbonyl (C=O) groups excluding carboxylic acids is 1. The summed E-state index contributed by atoms with van der Waals surface area (Å²) in [7, 11) is 1.59. The number of aldehydes is 1. The van der Waals surface area contributed by atoms with Gasteiger partial charge in [-0.25, -0.2) is 0 Å². The summed E-state index contributed by atoms with van der Waals surface area (Å²) in [5.74, 6) is 2.76. The first-order valence-corrected chi connectivity index (χ1v) is 7.42. The Labute approximate surface area is 138 Å². The Morgan fingerprint density at radius 1 is 1.08 bits per heavy atom. The SMILES string of the molecule is COc1cc(/C=C/C=O)cc2cc(-c3ccc4c(c3)OCO4)oc12. The Bertz CT molecular complexity index is 952. The molecule has 0 unspecified atom stereocenters. The minimum atomic E-state index is 0.235. The van der Waals surface area contributed by atoms with Crippen molar-refractivity contribution in [1.82, 2.24) is 0 Å². The third-order valence-corrected chi connectivity index (χ3v) is 3.85. The first kappa shape index (κ1) is 14.4. The van der Waals surface area contributed by atoms with Crippen LogP contribution < -0.4 is 14.2 Å². The van der Waals surface area contributed by atoms with Crippen molar-refractivity contribution in [1.29, 1.82) is 0 Å². The molecule has 1 aromatic heterocycles. The summed E-state index contributed by atoms with van der Waals surface area (Å²) < 4.78 is 22.1. The molecule has 2 heterocycles. The second kappa shape index (κ2) is 5.77. The fourth-order valence-electron chi connectivity index (χ4n) is 2.73. The van der Waals surface area contributed by atoms with E-state index in [-0.39, 0.29) is 6.79 Å². The number of allylic oxidation sites excluding steroid dienone is 1. The Kier molecular flexibility index (Phi) is 3.46. The molecule has 5 nitrogen and oxygen atoms in total. The first-order chi connectivity index (χ1) is 11.8. The van der Waals surface area contributed by atoms with Crippen LogP contribution in [-0.4, -0.2) is 20.2 Å². The summed E-state index contributed by atoms with van der Waals surface area (Å²) in [5.41, 5.74) is 2.42. The predicted octanol–water partition coefficient (Wildman–Crippen LogP) is 4.05. The maximum atomic E-state index is 10.5. The van der Waals surface area contributed by atoms with Gasteiger partial charge in [-0.3, -0.25) is 4.79 Å². The minimum Gasteiger partial charge on any atom is -0.493 e. The molecule has 0 spiro atoms. The van der Waals surface area contributed by atoms with E-state index in [4.69, 9.17) is 18.6 Å². The van der Waals surface area contributed by atoms with Gasteiger partial charge < -0.3 is 18.6 Å². The molecule has 1 aliphatic heterocycles. The monoisotopic (exact) mass is 322 g/mol. The smallest absolute Gasteiger partial charge is 0.231 e. The van der Waals surface area contributed by atoms with E-state index in [1.807, 2.05) is 36.4 Å². The van der Waals surface area contributed by atoms with Gasteiger partial charge in [-0.15, -0.1) is 0 Å². The second-order valence-corrected chi connectivity index (χ2v) is 5.32. The Morgan fingerprint density at radius 3 is 2.79 bits per heavy atom. The number of hydrogen-bond donors (Lipinski definition) is 0. The van der Waals surface area contributed by atoms with Gasteiger partial charge in [0.25, 0.3) is 0 Å². The fourth-order valence-corrected chi connectivity index (χ4v) is 2.73. The lowest BCUT2D eigenvalue weighted by Gasteiger charge is -2.02. The molecular weight excluding hydrogens is 308 g/mol. The van der Waals surface area contributed by atoms with Gasteiger partial charge in [0.15, 0.2) is 22.8 Å². The van der Waals surface area contributed by atoms with Crippen LogP contribution >= 0.6 is 0 Å². The lowest BCUT2D eigenvalue weighted by atomic mass is 10.1. The summed E-state index contributed by atoms with van der Waals surface area (Å²) in [6.45, 7) is 0.235. The zero-order valence-corrected chi connectivity index (χ0v) is 12.9. The predicted molar refractivity (Wildman–Crippen MR) is 89.4 cm³/mol. The third kappa shape index (κ3) is 2.40. The molecule has 120 valence electrons. The Balaban J connectivity index is 1.82. The van der Waals surface area contributed by atoms with Gasteiger partial charge in [0.1, 0.15) is 12.0 Å². The maximum Gasteiger partial charge on any atom is 0.231 e. The molecule has 5 heteroatoms. The van der Waals surface area contributed by atoms with E-state index < -0.39 is 0 Å². The number of ether oxygens (including phenoxy) is 3. The standard InChI is InChI=1S/C19H14O5/c1-21-18-8-12(3-2-6-20)7-14-10-16(24-19(14)18)13-4-5-15-17(9-13)23-11-22-15/h2-10H,11H2,1H3/b3-2+. The van der Waals surface area contributed by atoms with Crippen LogP contribution in [0.25, 0.3) is 28.4 Å². The number of fused-ring (bicyclic) bond motifs is 2. The van der Waals surface area contributed by atoms with E-state index in [1.165, 1.54) is 6.08 Å². The molecule has 0 N–H and O–H groups in total. The van der Waals surface area contributed by atoms with Gasteiger partial charge in [-0.2, -0.15) is 0 Å². The van der Waals surface area contributed by atoms with Crippen molar-refractivity contribution in [2.24, 2.45) is 0 Å². The largest absolute Gasteiger partial charge is 0.493 e. The number of benzene rings is 2. The van der Waals surface area contributed by atoms with Gasteiger partial charge in [0.2, 0.25) is 6.79 Å². The molecule has 0 fully saturated rings. The summed E-state index contributed by atoms with van der Waals surface area (Å²) in [5, 5.41) is 0.896. The van der Waals surface area contributed by atoms with E-state index in [9.17, 15) is 4.79 Å². The Morgan fingerprint density at radius 2 is 1.96 bits per heavy atom. The van der Waals surface area contributed by atoms with E-state index in [1.54, 1.807) is 13.2 Å². The lowest BCUT2D eigenvalue weighted by Crippen LogP contribution is -1.92. The van der Waals surface area contributed by atoms with Crippen LogP contribution in [0.3, 0.4) is 0 Å². The van der Waals surface area contributed by atoms with Gasteiger partial charge in [-0.1, -0.05) is 6.08 Å². The van der Waals surface area contributed by atoms with Crippen LogP contribution in [0.1, 0.15) is 5.56 Å². The molecule has 0 atom stereocenters. The first-order valence-electron chi connectivity index (χ1n) is 7.42. The average molecular weight is 322 g/mol.